The van der Waals surface area contributed by atoms with Gasteiger partial charge < -0.3 is 19.7 Å². The van der Waals surface area contributed by atoms with Crippen molar-refractivity contribution < 1.29 is 18.7 Å². The second-order valence-electron chi connectivity index (χ2n) is 11.6. The molecule has 0 aliphatic heterocycles. The lowest BCUT2D eigenvalue weighted by atomic mass is 9.96. The van der Waals surface area contributed by atoms with Crippen molar-refractivity contribution in [3.8, 4) is 22.9 Å². The third-order valence-corrected chi connectivity index (χ3v) is 7.57. The Morgan fingerprint density at radius 2 is 1.81 bits per heavy atom. The summed E-state index contributed by atoms with van der Waals surface area (Å²) in [7, 11) is 3.78. The maximum Gasteiger partial charge on any atom is 0.282 e. The topological polar surface area (TPSA) is 98.1 Å². The van der Waals surface area contributed by atoms with Crippen molar-refractivity contribution in [1.82, 2.24) is 9.66 Å². The van der Waals surface area contributed by atoms with E-state index < -0.39 is 11.7 Å². The van der Waals surface area contributed by atoms with E-state index in [1.54, 1.807) is 30.3 Å². The molecule has 1 heterocycles. The summed E-state index contributed by atoms with van der Waals surface area (Å²) < 4.78 is 26.8. The molecule has 0 saturated heterocycles. The van der Waals surface area contributed by atoms with Crippen LogP contribution >= 0.6 is 0 Å². The lowest BCUT2D eigenvalue weighted by molar-refractivity contribution is -0.118. The monoisotopic (exact) mass is 635 g/mol. The molecule has 0 spiro atoms. The van der Waals surface area contributed by atoms with E-state index in [9.17, 15) is 14.0 Å². The van der Waals surface area contributed by atoms with E-state index in [0.29, 0.717) is 40.3 Å². The molecule has 0 unspecified atom stereocenters. The van der Waals surface area contributed by atoms with Gasteiger partial charge in [0.2, 0.25) is 0 Å². The Labute approximate surface area is 273 Å². The van der Waals surface area contributed by atoms with Gasteiger partial charge in [-0.1, -0.05) is 32.0 Å². The largest absolute Gasteiger partial charge is 0.494 e. The third-order valence-electron chi connectivity index (χ3n) is 7.57. The summed E-state index contributed by atoms with van der Waals surface area (Å²) in [4.78, 5) is 33.4. The number of ether oxygens (including phenoxy) is 2. The lowest BCUT2D eigenvalue weighted by Crippen LogP contribution is -2.21. The number of amides is 1. The molecule has 47 heavy (non-hydrogen) atoms. The number of aromatic nitrogens is 2. The fourth-order valence-electron chi connectivity index (χ4n) is 5.14. The number of para-hydroxylation sites is 1. The van der Waals surface area contributed by atoms with Crippen LogP contribution in [0.2, 0.25) is 0 Å². The predicted octanol–water partition coefficient (Wildman–Crippen LogP) is 7.00. The Morgan fingerprint density at radius 3 is 2.53 bits per heavy atom. The second-order valence-corrected chi connectivity index (χ2v) is 11.6. The first-order valence-electron chi connectivity index (χ1n) is 15.4. The standard InChI is InChI=1S/C37H38FN5O4/c1-7-46-34-17-24(4)31(20-30(34)23(2)3)36-41-32-14-9-8-13-29(32)37(45)43(36)39-21-25-15-16-28(42(5)6)19-33(25)47-22-35(44)40-27-12-10-11-26(38)18-27/h8-21,23H,7,22H2,1-6H3,(H,40,44). The van der Waals surface area contributed by atoms with Crippen LogP contribution in [0.4, 0.5) is 15.8 Å². The fraction of sp³-hybridized carbons (Fsp3) is 0.243. The average molecular weight is 636 g/mol. The zero-order valence-electron chi connectivity index (χ0n) is 27.4. The molecule has 0 fully saturated rings. The van der Waals surface area contributed by atoms with Crippen molar-refractivity contribution in [3.63, 3.8) is 0 Å². The number of nitrogens with zero attached hydrogens (tertiary/aromatic N) is 4. The predicted molar refractivity (Wildman–Crippen MR) is 186 cm³/mol. The first-order chi connectivity index (χ1) is 22.5. The second kappa shape index (κ2) is 14.3. The molecule has 0 atom stereocenters. The van der Waals surface area contributed by atoms with Crippen LogP contribution in [0.5, 0.6) is 11.5 Å². The number of hydrogen-bond acceptors (Lipinski definition) is 7. The molecule has 0 radical (unpaired) electrons. The Hall–Kier alpha value is -5.51. The number of carbonyl (C=O) groups is 1. The summed E-state index contributed by atoms with van der Waals surface area (Å²) in [6.45, 7) is 8.29. The molecule has 1 aromatic heterocycles. The highest BCUT2D eigenvalue weighted by Gasteiger charge is 2.19. The van der Waals surface area contributed by atoms with Gasteiger partial charge in [-0.15, -0.1) is 0 Å². The van der Waals surface area contributed by atoms with Crippen LogP contribution in [0, 0.1) is 12.7 Å². The first kappa shape index (κ1) is 32.9. The normalized spacial score (nSPS) is 11.3. The number of halogens is 1. The van der Waals surface area contributed by atoms with E-state index in [2.05, 4.69) is 24.3 Å². The molecule has 242 valence electrons. The van der Waals surface area contributed by atoms with Gasteiger partial charge in [-0.25, -0.2) is 9.37 Å². The molecular weight excluding hydrogens is 597 g/mol. The zero-order chi connectivity index (χ0) is 33.7. The van der Waals surface area contributed by atoms with Gasteiger partial charge in [0.25, 0.3) is 11.5 Å². The van der Waals surface area contributed by atoms with Gasteiger partial charge in [-0.3, -0.25) is 9.59 Å². The van der Waals surface area contributed by atoms with Crippen LogP contribution in [0.25, 0.3) is 22.3 Å². The molecule has 0 aliphatic rings. The summed E-state index contributed by atoms with van der Waals surface area (Å²) in [6.07, 6.45) is 1.52. The van der Waals surface area contributed by atoms with Crippen LogP contribution in [-0.4, -0.2) is 49.1 Å². The molecule has 5 aromatic rings. The van der Waals surface area contributed by atoms with Crippen molar-refractivity contribution in [2.45, 2.75) is 33.6 Å². The number of hydrogen-bond donors (Lipinski definition) is 1. The minimum atomic E-state index is -0.460. The van der Waals surface area contributed by atoms with Crippen molar-refractivity contribution >= 4 is 34.4 Å². The number of rotatable bonds is 11. The number of benzene rings is 4. The van der Waals surface area contributed by atoms with E-state index in [-0.39, 0.29) is 18.1 Å². The number of fused-ring (bicyclic) bond motifs is 1. The lowest BCUT2D eigenvalue weighted by Gasteiger charge is -2.18. The summed E-state index contributed by atoms with van der Waals surface area (Å²) in [5.41, 5.74) is 4.55. The van der Waals surface area contributed by atoms with Crippen molar-refractivity contribution in [2.24, 2.45) is 5.10 Å². The molecule has 4 aromatic carbocycles. The smallest absolute Gasteiger partial charge is 0.282 e. The molecule has 1 amide bonds. The highest BCUT2D eigenvalue weighted by Crippen LogP contribution is 2.34. The Balaban J connectivity index is 1.57. The average Bonchev–Trinajstić information content (AvgIpc) is 3.03. The van der Waals surface area contributed by atoms with E-state index in [1.807, 2.05) is 63.2 Å². The number of nitrogens with one attached hydrogen (secondary N) is 1. The number of aryl methyl sites for hydroxylation is 1. The van der Waals surface area contributed by atoms with Gasteiger partial charge in [0, 0.05) is 42.7 Å². The molecule has 9 nitrogen and oxygen atoms in total. The van der Waals surface area contributed by atoms with Crippen LogP contribution in [0.3, 0.4) is 0 Å². The summed E-state index contributed by atoms with van der Waals surface area (Å²) >= 11 is 0. The van der Waals surface area contributed by atoms with E-state index in [1.165, 1.54) is 29.1 Å². The molecule has 10 heteroatoms. The van der Waals surface area contributed by atoms with Crippen LogP contribution in [0.15, 0.2) is 88.8 Å². The van der Waals surface area contributed by atoms with E-state index in [0.717, 1.165) is 28.1 Å². The van der Waals surface area contributed by atoms with Gasteiger partial charge >= 0.3 is 0 Å². The molecule has 0 saturated carbocycles. The molecule has 1 N–H and O–H groups in total. The quantitative estimate of drug-likeness (QED) is 0.157. The van der Waals surface area contributed by atoms with E-state index >= 15 is 0 Å². The zero-order valence-corrected chi connectivity index (χ0v) is 27.4. The fourth-order valence-corrected chi connectivity index (χ4v) is 5.14. The highest BCUT2D eigenvalue weighted by molar-refractivity contribution is 5.92. The summed E-state index contributed by atoms with van der Waals surface area (Å²) in [5.74, 6) is 0.794. The first-order valence-corrected chi connectivity index (χ1v) is 15.4. The molecule has 5 rings (SSSR count). The third kappa shape index (κ3) is 7.49. The molecule has 0 bridgehead atoms. The van der Waals surface area contributed by atoms with Crippen molar-refractivity contribution in [1.29, 1.82) is 0 Å². The van der Waals surface area contributed by atoms with Gasteiger partial charge in [0.15, 0.2) is 12.4 Å². The summed E-state index contributed by atoms with van der Waals surface area (Å²) in [5, 5.41) is 7.73. The van der Waals surface area contributed by atoms with Crippen LogP contribution < -0.4 is 25.2 Å². The summed E-state index contributed by atoms with van der Waals surface area (Å²) in [6, 6.07) is 22.3. The molecular formula is C37H38FN5O4. The molecule has 0 aliphatic carbocycles. The van der Waals surface area contributed by atoms with Crippen LogP contribution in [-0.2, 0) is 4.79 Å². The number of carbonyl (C=O) groups excluding carboxylic acids is 1. The Morgan fingerprint density at radius 1 is 1.02 bits per heavy atom. The van der Waals surface area contributed by atoms with Gasteiger partial charge in [0.05, 0.1) is 23.7 Å². The van der Waals surface area contributed by atoms with Crippen LogP contribution in [0.1, 0.15) is 43.4 Å². The van der Waals surface area contributed by atoms with Gasteiger partial charge in [0.1, 0.15) is 17.3 Å². The van der Waals surface area contributed by atoms with Crippen molar-refractivity contribution in [2.75, 3.05) is 37.5 Å². The highest BCUT2D eigenvalue weighted by atomic mass is 19.1. The Kier molecular flexibility index (Phi) is 9.99. The van der Waals surface area contributed by atoms with E-state index in [4.69, 9.17) is 14.5 Å². The maximum absolute atomic E-state index is 14.0. The maximum atomic E-state index is 14.0. The van der Waals surface area contributed by atoms with Gasteiger partial charge in [-0.05, 0) is 85.5 Å². The number of anilines is 2. The Bertz CT molecular complexity index is 2020. The van der Waals surface area contributed by atoms with Gasteiger partial charge in [-0.2, -0.15) is 9.78 Å². The van der Waals surface area contributed by atoms with Crippen molar-refractivity contribution in [3.05, 3.63) is 112 Å². The minimum Gasteiger partial charge on any atom is -0.494 e. The minimum absolute atomic E-state index is 0.160. The SMILES string of the molecule is CCOc1cc(C)c(-c2nc3ccccc3c(=O)n2N=Cc2ccc(N(C)C)cc2OCC(=O)Nc2cccc(F)c2)cc1C(C)C.